The number of fused-ring (bicyclic) bond motifs is 1. The summed E-state index contributed by atoms with van der Waals surface area (Å²) in [5.74, 6) is 0.211. The van der Waals surface area contributed by atoms with E-state index in [2.05, 4.69) is 0 Å². The van der Waals surface area contributed by atoms with E-state index in [-0.39, 0.29) is 0 Å². The van der Waals surface area contributed by atoms with Crippen molar-refractivity contribution in [3.8, 4) is 11.5 Å². The number of hydrogen-bond donors (Lipinski definition) is 0. The molecule has 0 bridgehead atoms. The fraction of sp³-hybridized carbons (Fsp3) is 0.391. The highest BCUT2D eigenvalue weighted by Gasteiger charge is 2.37. The lowest BCUT2D eigenvalue weighted by Crippen LogP contribution is -2.51. The maximum absolute atomic E-state index is 13.3. The average Bonchev–Trinajstić information content (AvgIpc) is 2.82. The second-order valence-corrected chi connectivity index (χ2v) is 7.95. The Labute approximate surface area is 186 Å². The second kappa shape index (κ2) is 9.16. The quantitative estimate of drug-likeness (QED) is 0.681. The first-order valence-electron chi connectivity index (χ1n) is 10.2. The standard InChI is InChI=1S/C23H25ClN2O5/c1-29-19-13-16-7-8-26(23(28)22(27)25-9-11-31-12-10-25)21(18(16)14-20(19)30-2)15-3-5-17(24)6-4-15/h3-6,13-14,21H,7-12H2,1-2H3. The molecule has 0 aromatic heterocycles. The van der Waals surface area contributed by atoms with Crippen LogP contribution in [0.1, 0.15) is 22.7 Å². The van der Waals surface area contributed by atoms with Gasteiger partial charge in [0, 0.05) is 24.7 Å². The van der Waals surface area contributed by atoms with Gasteiger partial charge in [0.25, 0.3) is 0 Å². The predicted molar refractivity (Wildman–Crippen MR) is 116 cm³/mol. The van der Waals surface area contributed by atoms with E-state index >= 15 is 0 Å². The third-order valence-corrected chi connectivity index (χ3v) is 6.05. The summed E-state index contributed by atoms with van der Waals surface area (Å²) in [6, 6.07) is 10.8. The van der Waals surface area contributed by atoms with Gasteiger partial charge >= 0.3 is 11.8 Å². The number of carbonyl (C=O) groups is 2. The number of morpholine rings is 1. The van der Waals surface area contributed by atoms with Crippen molar-refractivity contribution >= 4 is 23.4 Å². The zero-order valence-electron chi connectivity index (χ0n) is 17.6. The SMILES string of the molecule is COc1cc2c(cc1OC)C(c1ccc(Cl)cc1)N(C(=O)C(=O)N1CCOCC1)CC2. The Morgan fingerprint density at radius 3 is 2.26 bits per heavy atom. The number of amides is 2. The van der Waals surface area contributed by atoms with Gasteiger partial charge in [0.05, 0.1) is 33.5 Å². The third-order valence-electron chi connectivity index (χ3n) is 5.80. The Balaban J connectivity index is 1.75. The van der Waals surface area contributed by atoms with Gasteiger partial charge in [-0.3, -0.25) is 9.59 Å². The highest BCUT2D eigenvalue weighted by Crippen LogP contribution is 2.41. The molecule has 8 heteroatoms. The monoisotopic (exact) mass is 444 g/mol. The normalized spacial score (nSPS) is 18.4. The summed E-state index contributed by atoms with van der Waals surface area (Å²) in [5.41, 5.74) is 2.84. The zero-order valence-corrected chi connectivity index (χ0v) is 18.4. The molecule has 1 fully saturated rings. The molecule has 2 heterocycles. The van der Waals surface area contributed by atoms with Crippen molar-refractivity contribution in [3.63, 3.8) is 0 Å². The van der Waals surface area contributed by atoms with E-state index in [4.69, 9.17) is 25.8 Å². The summed E-state index contributed by atoms with van der Waals surface area (Å²) in [6.07, 6.45) is 0.613. The van der Waals surface area contributed by atoms with E-state index in [0.29, 0.717) is 55.8 Å². The molecule has 7 nitrogen and oxygen atoms in total. The minimum absolute atomic E-state index is 0.421. The van der Waals surface area contributed by atoms with Gasteiger partial charge in [0.15, 0.2) is 11.5 Å². The van der Waals surface area contributed by atoms with Crippen molar-refractivity contribution in [3.05, 3.63) is 58.1 Å². The number of nitrogens with zero attached hydrogens (tertiary/aromatic N) is 2. The first-order valence-corrected chi connectivity index (χ1v) is 10.6. The molecule has 1 saturated heterocycles. The summed E-state index contributed by atoms with van der Waals surface area (Å²) in [6.45, 7) is 2.15. The average molecular weight is 445 g/mol. The van der Waals surface area contributed by atoms with Crippen molar-refractivity contribution in [1.82, 2.24) is 9.80 Å². The highest BCUT2D eigenvalue weighted by molar-refractivity contribution is 6.35. The Kier molecular flexibility index (Phi) is 6.34. The van der Waals surface area contributed by atoms with E-state index in [1.807, 2.05) is 24.3 Å². The summed E-state index contributed by atoms with van der Waals surface area (Å²) in [4.78, 5) is 29.5. The largest absolute Gasteiger partial charge is 0.493 e. The summed E-state index contributed by atoms with van der Waals surface area (Å²) in [7, 11) is 3.18. The Morgan fingerprint density at radius 2 is 1.61 bits per heavy atom. The molecule has 0 spiro atoms. The summed E-state index contributed by atoms with van der Waals surface area (Å²) >= 11 is 6.10. The van der Waals surface area contributed by atoms with E-state index in [9.17, 15) is 9.59 Å². The number of hydrogen-bond acceptors (Lipinski definition) is 5. The van der Waals surface area contributed by atoms with Gasteiger partial charge in [-0.2, -0.15) is 0 Å². The van der Waals surface area contributed by atoms with Crippen molar-refractivity contribution in [2.45, 2.75) is 12.5 Å². The van der Waals surface area contributed by atoms with Crippen LogP contribution in [0.3, 0.4) is 0 Å². The van der Waals surface area contributed by atoms with Gasteiger partial charge in [0.2, 0.25) is 0 Å². The van der Waals surface area contributed by atoms with Crippen LogP contribution in [0.5, 0.6) is 11.5 Å². The van der Waals surface area contributed by atoms with Crippen molar-refractivity contribution in [2.24, 2.45) is 0 Å². The minimum Gasteiger partial charge on any atom is -0.493 e. The first-order chi connectivity index (χ1) is 15.0. The predicted octanol–water partition coefficient (Wildman–Crippen LogP) is 2.69. The van der Waals surface area contributed by atoms with Crippen LogP contribution in [0.15, 0.2) is 36.4 Å². The fourth-order valence-electron chi connectivity index (χ4n) is 4.19. The molecule has 164 valence electrons. The van der Waals surface area contributed by atoms with Crippen molar-refractivity contribution in [1.29, 1.82) is 0 Å². The van der Waals surface area contributed by atoms with Crippen LogP contribution >= 0.6 is 11.6 Å². The molecular weight excluding hydrogens is 420 g/mol. The van der Waals surface area contributed by atoms with Crippen LogP contribution in [0.25, 0.3) is 0 Å². The topological polar surface area (TPSA) is 68.3 Å². The molecule has 1 atom stereocenters. The Bertz CT molecular complexity index is 973. The fourth-order valence-corrected chi connectivity index (χ4v) is 4.32. The number of rotatable bonds is 3. The van der Waals surface area contributed by atoms with E-state index in [0.717, 1.165) is 16.7 Å². The van der Waals surface area contributed by atoms with Crippen LogP contribution in [0, 0.1) is 0 Å². The molecule has 1 unspecified atom stereocenters. The number of halogens is 1. The second-order valence-electron chi connectivity index (χ2n) is 7.51. The van der Waals surface area contributed by atoms with Gasteiger partial charge in [-0.05, 0) is 47.4 Å². The van der Waals surface area contributed by atoms with Crippen LogP contribution in [-0.2, 0) is 20.7 Å². The molecule has 2 amide bonds. The lowest BCUT2D eigenvalue weighted by atomic mass is 9.87. The smallest absolute Gasteiger partial charge is 0.312 e. The lowest BCUT2D eigenvalue weighted by molar-refractivity contribution is -0.155. The lowest BCUT2D eigenvalue weighted by Gasteiger charge is -2.39. The van der Waals surface area contributed by atoms with E-state index < -0.39 is 17.9 Å². The minimum atomic E-state index is -0.512. The molecule has 2 aliphatic heterocycles. The zero-order chi connectivity index (χ0) is 22.0. The van der Waals surface area contributed by atoms with Gasteiger partial charge < -0.3 is 24.0 Å². The molecule has 2 aliphatic rings. The van der Waals surface area contributed by atoms with Gasteiger partial charge in [0.1, 0.15) is 0 Å². The molecule has 0 aliphatic carbocycles. The van der Waals surface area contributed by atoms with Crippen LogP contribution < -0.4 is 9.47 Å². The van der Waals surface area contributed by atoms with E-state index in [1.165, 1.54) is 0 Å². The van der Waals surface area contributed by atoms with Gasteiger partial charge in [-0.1, -0.05) is 23.7 Å². The van der Waals surface area contributed by atoms with Gasteiger partial charge in [-0.15, -0.1) is 0 Å². The maximum atomic E-state index is 13.3. The molecule has 0 N–H and O–H groups in total. The van der Waals surface area contributed by atoms with Crippen molar-refractivity contribution in [2.75, 3.05) is 47.1 Å². The molecule has 4 rings (SSSR count). The molecular formula is C23H25ClN2O5. The Morgan fingerprint density at radius 1 is 0.968 bits per heavy atom. The van der Waals surface area contributed by atoms with Crippen LogP contribution in [0.2, 0.25) is 5.02 Å². The number of carbonyl (C=O) groups excluding carboxylic acids is 2. The van der Waals surface area contributed by atoms with Crippen LogP contribution in [-0.4, -0.2) is 68.7 Å². The molecule has 2 aromatic rings. The molecule has 0 saturated carbocycles. The van der Waals surface area contributed by atoms with Crippen LogP contribution in [0.4, 0.5) is 0 Å². The number of benzene rings is 2. The first kappa shape index (κ1) is 21.5. The maximum Gasteiger partial charge on any atom is 0.312 e. The van der Waals surface area contributed by atoms with Gasteiger partial charge in [-0.25, -0.2) is 0 Å². The Hall–Kier alpha value is -2.77. The summed E-state index contributed by atoms with van der Waals surface area (Å²) < 4.78 is 16.3. The number of ether oxygens (including phenoxy) is 3. The summed E-state index contributed by atoms with van der Waals surface area (Å²) in [5, 5.41) is 0.606. The molecule has 2 aromatic carbocycles. The number of methoxy groups -OCH3 is 2. The van der Waals surface area contributed by atoms with Crippen molar-refractivity contribution < 1.29 is 23.8 Å². The molecule has 0 radical (unpaired) electrons. The van der Waals surface area contributed by atoms with E-state index in [1.54, 1.807) is 36.2 Å². The third kappa shape index (κ3) is 4.20. The molecule has 31 heavy (non-hydrogen) atoms. The highest BCUT2D eigenvalue weighted by atomic mass is 35.5.